The average molecular weight is 368 g/mol. The van der Waals surface area contributed by atoms with Crippen LogP contribution in [0.3, 0.4) is 0 Å². The first-order valence-electron chi connectivity index (χ1n) is 8.38. The van der Waals surface area contributed by atoms with E-state index in [1.54, 1.807) is 19.1 Å². The van der Waals surface area contributed by atoms with Crippen LogP contribution in [0.1, 0.15) is 31.2 Å². The van der Waals surface area contributed by atoms with Crippen LogP contribution in [-0.4, -0.2) is 38.0 Å². The molecule has 0 saturated heterocycles. The third-order valence-corrected chi connectivity index (χ3v) is 7.44. The van der Waals surface area contributed by atoms with Crippen LogP contribution in [0.5, 0.6) is 0 Å². The van der Waals surface area contributed by atoms with Crippen molar-refractivity contribution in [2.24, 2.45) is 11.8 Å². The van der Waals surface area contributed by atoms with E-state index in [1.807, 2.05) is 6.07 Å². The topological polar surface area (TPSA) is 61.4 Å². The summed E-state index contributed by atoms with van der Waals surface area (Å²) in [5.41, 5.74) is 1.42. The Kier molecular flexibility index (Phi) is 4.86. The molecular formula is C17H25N3O2S2. The molecule has 0 unspecified atom stereocenters. The van der Waals surface area contributed by atoms with Crippen LogP contribution in [0.4, 0.5) is 5.69 Å². The van der Waals surface area contributed by atoms with Crippen molar-refractivity contribution in [2.75, 3.05) is 19.4 Å². The predicted molar refractivity (Wildman–Crippen MR) is 101 cm³/mol. The Balaban J connectivity index is 1.70. The van der Waals surface area contributed by atoms with Crippen molar-refractivity contribution < 1.29 is 8.42 Å². The van der Waals surface area contributed by atoms with Gasteiger partial charge in [-0.05, 0) is 67.9 Å². The van der Waals surface area contributed by atoms with Crippen molar-refractivity contribution in [3.05, 3.63) is 23.8 Å². The number of aryl methyl sites for hydroxylation is 1. The van der Waals surface area contributed by atoms with Crippen LogP contribution < -0.4 is 10.6 Å². The summed E-state index contributed by atoms with van der Waals surface area (Å²) in [6.45, 7) is 1.80. The van der Waals surface area contributed by atoms with E-state index in [9.17, 15) is 8.42 Å². The van der Waals surface area contributed by atoms with Gasteiger partial charge in [-0.15, -0.1) is 0 Å². The van der Waals surface area contributed by atoms with Gasteiger partial charge in [-0.25, -0.2) is 12.7 Å². The van der Waals surface area contributed by atoms with Crippen molar-refractivity contribution in [2.45, 2.75) is 43.5 Å². The minimum absolute atomic E-state index is 0.306. The monoisotopic (exact) mass is 367 g/mol. The fraction of sp³-hybridized carbons (Fsp3) is 0.588. The molecule has 1 aromatic carbocycles. The van der Waals surface area contributed by atoms with E-state index in [2.05, 4.69) is 10.6 Å². The first kappa shape index (κ1) is 17.6. The van der Waals surface area contributed by atoms with E-state index in [0.29, 0.717) is 21.7 Å². The largest absolute Gasteiger partial charge is 0.359 e. The molecule has 2 bridgehead atoms. The summed E-state index contributed by atoms with van der Waals surface area (Å²) in [6, 6.07) is 5.77. The van der Waals surface area contributed by atoms with Crippen LogP contribution in [0.25, 0.3) is 0 Å². The number of nitrogens with one attached hydrogen (secondary N) is 2. The van der Waals surface area contributed by atoms with Crippen molar-refractivity contribution >= 4 is 33.0 Å². The maximum atomic E-state index is 12.4. The van der Waals surface area contributed by atoms with Gasteiger partial charge in [-0.3, -0.25) is 0 Å². The van der Waals surface area contributed by atoms with Gasteiger partial charge in [0.05, 0.1) is 4.90 Å². The quantitative estimate of drug-likeness (QED) is 0.801. The normalized spacial score (nSPS) is 25.9. The van der Waals surface area contributed by atoms with Crippen molar-refractivity contribution in [1.29, 1.82) is 0 Å². The smallest absolute Gasteiger partial charge is 0.242 e. The number of nitrogens with zero attached hydrogens (tertiary/aromatic N) is 1. The summed E-state index contributed by atoms with van der Waals surface area (Å²) in [6.07, 6.45) is 5.16. The number of anilines is 1. The summed E-state index contributed by atoms with van der Waals surface area (Å²) in [5.74, 6) is 1.59. The molecule has 2 aliphatic carbocycles. The highest BCUT2D eigenvalue weighted by atomic mass is 32.2. The van der Waals surface area contributed by atoms with Crippen molar-refractivity contribution in [1.82, 2.24) is 9.62 Å². The molecule has 0 spiro atoms. The third kappa shape index (κ3) is 3.43. The van der Waals surface area contributed by atoms with E-state index in [0.717, 1.165) is 17.4 Å². The summed E-state index contributed by atoms with van der Waals surface area (Å²) in [5, 5.41) is 7.13. The molecular weight excluding hydrogens is 342 g/mol. The van der Waals surface area contributed by atoms with E-state index in [-0.39, 0.29) is 0 Å². The Morgan fingerprint density at radius 1 is 1.25 bits per heavy atom. The second kappa shape index (κ2) is 6.61. The van der Waals surface area contributed by atoms with Crippen LogP contribution in [0.15, 0.2) is 23.1 Å². The van der Waals surface area contributed by atoms with Gasteiger partial charge in [0.2, 0.25) is 10.0 Å². The van der Waals surface area contributed by atoms with Gasteiger partial charge in [0.25, 0.3) is 0 Å². The van der Waals surface area contributed by atoms with Gasteiger partial charge in [0.15, 0.2) is 5.11 Å². The predicted octanol–water partition coefficient (Wildman–Crippen LogP) is 2.72. The van der Waals surface area contributed by atoms with E-state index in [4.69, 9.17) is 12.2 Å². The fourth-order valence-electron chi connectivity index (χ4n) is 3.91. The van der Waals surface area contributed by atoms with Crippen molar-refractivity contribution in [3.63, 3.8) is 0 Å². The Morgan fingerprint density at radius 2 is 2.00 bits per heavy atom. The molecule has 3 atom stereocenters. The number of hydrogen-bond donors (Lipinski definition) is 2. The third-order valence-electron chi connectivity index (χ3n) is 5.26. The molecule has 2 aliphatic rings. The molecule has 2 saturated carbocycles. The number of fused-ring (bicyclic) bond motifs is 2. The molecule has 0 heterocycles. The lowest BCUT2D eigenvalue weighted by molar-refractivity contribution is 0.392. The minimum Gasteiger partial charge on any atom is -0.359 e. The van der Waals surface area contributed by atoms with E-state index in [1.165, 1.54) is 44.1 Å². The summed E-state index contributed by atoms with van der Waals surface area (Å²) in [7, 11) is -0.390. The van der Waals surface area contributed by atoms with Crippen LogP contribution >= 0.6 is 12.2 Å². The molecule has 0 aliphatic heterocycles. The highest BCUT2D eigenvalue weighted by molar-refractivity contribution is 7.89. The van der Waals surface area contributed by atoms with Crippen LogP contribution in [-0.2, 0) is 10.0 Å². The Bertz CT molecular complexity index is 746. The Hall–Kier alpha value is -1.18. The van der Waals surface area contributed by atoms with Gasteiger partial charge >= 0.3 is 0 Å². The van der Waals surface area contributed by atoms with Gasteiger partial charge in [-0.2, -0.15) is 0 Å². The van der Waals surface area contributed by atoms with Crippen molar-refractivity contribution in [3.8, 4) is 0 Å². The lowest BCUT2D eigenvalue weighted by Crippen LogP contribution is -2.40. The number of thiocarbonyl (C=S) groups is 1. The number of rotatable bonds is 4. The zero-order chi connectivity index (χ0) is 17.5. The first-order chi connectivity index (χ1) is 11.3. The number of hydrogen-bond acceptors (Lipinski definition) is 3. The van der Waals surface area contributed by atoms with Gasteiger partial charge in [-0.1, -0.05) is 12.5 Å². The molecule has 132 valence electrons. The second-order valence-electron chi connectivity index (χ2n) is 7.15. The molecule has 7 heteroatoms. The maximum Gasteiger partial charge on any atom is 0.242 e. The molecule has 0 amide bonds. The SMILES string of the molecule is Cc1ccc(NC(=S)N[C@@H]2C[C@@H]3CC[C@@H]2C3)cc1S(=O)(=O)N(C)C. The fourth-order valence-corrected chi connectivity index (χ4v) is 5.32. The maximum absolute atomic E-state index is 12.4. The molecule has 5 nitrogen and oxygen atoms in total. The molecule has 3 rings (SSSR count). The standard InChI is InChI=1S/C17H25N3O2S2/c1-11-4-7-14(10-16(11)24(21,22)20(2)3)18-17(23)19-15-9-12-5-6-13(15)8-12/h4,7,10,12-13,15H,5-6,8-9H2,1-3H3,(H2,18,19,23)/t12-,13-,15-/m1/s1. The van der Waals surface area contributed by atoms with Gasteiger partial charge in [0, 0.05) is 25.8 Å². The van der Waals surface area contributed by atoms with E-state index < -0.39 is 10.0 Å². The summed E-state index contributed by atoms with van der Waals surface area (Å²) < 4.78 is 26.0. The minimum atomic E-state index is -3.47. The number of sulfonamides is 1. The summed E-state index contributed by atoms with van der Waals surface area (Å²) in [4.78, 5) is 0.306. The molecule has 24 heavy (non-hydrogen) atoms. The Labute approximate surface area is 149 Å². The zero-order valence-corrected chi connectivity index (χ0v) is 16.0. The van der Waals surface area contributed by atoms with Gasteiger partial charge in [0.1, 0.15) is 0 Å². The number of benzene rings is 1. The Morgan fingerprint density at radius 3 is 2.58 bits per heavy atom. The lowest BCUT2D eigenvalue weighted by atomic mass is 9.96. The van der Waals surface area contributed by atoms with Crippen LogP contribution in [0.2, 0.25) is 0 Å². The molecule has 0 radical (unpaired) electrons. The molecule has 0 aromatic heterocycles. The highest BCUT2D eigenvalue weighted by Crippen LogP contribution is 2.44. The highest BCUT2D eigenvalue weighted by Gasteiger charge is 2.39. The molecule has 2 fully saturated rings. The molecule has 1 aromatic rings. The second-order valence-corrected chi connectivity index (χ2v) is 9.68. The zero-order valence-electron chi connectivity index (χ0n) is 14.4. The average Bonchev–Trinajstić information content (AvgIpc) is 3.11. The first-order valence-corrected chi connectivity index (χ1v) is 10.2. The lowest BCUT2D eigenvalue weighted by Gasteiger charge is -2.24. The molecule has 2 N–H and O–H groups in total. The van der Waals surface area contributed by atoms with Gasteiger partial charge < -0.3 is 10.6 Å². The van der Waals surface area contributed by atoms with E-state index >= 15 is 0 Å². The summed E-state index contributed by atoms with van der Waals surface area (Å²) >= 11 is 5.43. The van der Waals surface area contributed by atoms with Crippen LogP contribution in [0, 0.1) is 18.8 Å².